The minimum absolute atomic E-state index is 0. The topological polar surface area (TPSA) is 214 Å². The van der Waals surface area contributed by atoms with Crippen LogP contribution in [0.5, 0.6) is 0 Å². The van der Waals surface area contributed by atoms with Crippen molar-refractivity contribution in [3.8, 4) is 17.1 Å². The maximum atomic E-state index is 13.8. The third kappa shape index (κ3) is 6.64. The van der Waals surface area contributed by atoms with Gasteiger partial charge in [0.25, 0.3) is 5.91 Å². The first-order valence-corrected chi connectivity index (χ1v) is 13.2. The molecule has 2 aromatic heterocycles. The number of hydrogen-bond acceptors (Lipinski definition) is 8. The molecular formula is C29H38Cl3N7O6. The molecule has 13 nitrogen and oxygen atoms in total. The van der Waals surface area contributed by atoms with Crippen LogP contribution in [0.3, 0.4) is 0 Å². The van der Waals surface area contributed by atoms with Crippen molar-refractivity contribution in [3.63, 3.8) is 0 Å². The summed E-state index contributed by atoms with van der Waals surface area (Å²) in [6.07, 6.45) is 1.85. The number of carbonyl (C=O) groups excluding carboxylic acids is 1. The van der Waals surface area contributed by atoms with Crippen LogP contribution >= 0.6 is 37.2 Å². The molecule has 0 aliphatic carbocycles. The van der Waals surface area contributed by atoms with Crippen molar-refractivity contribution in [2.24, 2.45) is 24.2 Å². The van der Waals surface area contributed by atoms with Gasteiger partial charge in [-0.3, -0.25) is 4.79 Å². The van der Waals surface area contributed by atoms with E-state index in [1.165, 1.54) is 37.5 Å². The zero-order valence-corrected chi connectivity index (χ0v) is 27.9. The van der Waals surface area contributed by atoms with Gasteiger partial charge in [0.15, 0.2) is 5.82 Å². The molecule has 4 aromatic rings. The number of carboxylic acids is 2. The number of aryl methyl sites for hydroxylation is 1. The fraction of sp³-hybridized carbons (Fsp3) is 0.345. The summed E-state index contributed by atoms with van der Waals surface area (Å²) in [4.78, 5) is 51.5. The lowest BCUT2D eigenvalue weighted by Gasteiger charge is -2.30. The molecule has 16 heteroatoms. The van der Waals surface area contributed by atoms with Crippen molar-refractivity contribution in [2.75, 3.05) is 0 Å². The number of fused-ring (bicyclic) bond motifs is 1. The van der Waals surface area contributed by atoms with E-state index in [0.29, 0.717) is 15.9 Å². The molecule has 2 aromatic carbocycles. The Morgan fingerprint density at radius 2 is 1.44 bits per heavy atom. The molecule has 0 saturated heterocycles. The van der Waals surface area contributed by atoms with Crippen molar-refractivity contribution < 1.29 is 24.6 Å². The highest BCUT2D eigenvalue weighted by molar-refractivity contribution is 5.88. The van der Waals surface area contributed by atoms with Gasteiger partial charge in [0.05, 0.1) is 11.7 Å². The highest BCUT2D eigenvalue weighted by atomic mass is 35.5. The van der Waals surface area contributed by atoms with Crippen molar-refractivity contribution in [1.82, 2.24) is 18.9 Å². The van der Waals surface area contributed by atoms with E-state index in [0.717, 1.165) is 10.9 Å². The lowest BCUT2D eigenvalue weighted by molar-refractivity contribution is -0.143. The number of halogens is 3. The zero-order chi connectivity index (χ0) is 31.5. The van der Waals surface area contributed by atoms with Crippen LogP contribution in [0.2, 0.25) is 0 Å². The first-order valence-electron chi connectivity index (χ1n) is 13.2. The van der Waals surface area contributed by atoms with Gasteiger partial charge in [-0.1, -0.05) is 13.8 Å². The van der Waals surface area contributed by atoms with Crippen molar-refractivity contribution in [1.29, 1.82) is 0 Å². The molecule has 0 bridgehead atoms. The number of nitrogens with two attached hydrogens (primary N) is 3. The Morgan fingerprint density at radius 3 is 1.96 bits per heavy atom. The van der Waals surface area contributed by atoms with E-state index in [9.17, 15) is 29.4 Å². The van der Waals surface area contributed by atoms with Crippen LogP contribution in [0.15, 0.2) is 47.4 Å². The van der Waals surface area contributed by atoms with Crippen LogP contribution in [-0.2, 0) is 27.7 Å². The summed E-state index contributed by atoms with van der Waals surface area (Å²) in [5.41, 5.74) is 15.5. The van der Waals surface area contributed by atoms with Gasteiger partial charge >= 0.3 is 17.6 Å². The predicted octanol–water partition coefficient (Wildman–Crippen LogP) is 3.09. The highest BCUT2D eigenvalue weighted by Gasteiger charge is 2.40. The second-order valence-corrected chi connectivity index (χ2v) is 11.3. The standard InChI is InChI=1S/C29H35N7O6.3ClH/c1-14(2)18-12-19(21(29(5,32)26(40)41)13-20(18)28(4,31)25(38)39)23-33-36(24(37)15(3)30)27(42)35(23)17-7-8-22-16(11-17)9-10-34(22)6;;;/h7-15H,30-32H2,1-6H3,(H,38,39)(H,40,41);3*1H. The summed E-state index contributed by atoms with van der Waals surface area (Å²) >= 11 is 0. The fourth-order valence-electron chi connectivity index (χ4n) is 4.91. The number of hydrogen-bond donors (Lipinski definition) is 5. The van der Waals surface area contributed by atoms with E-state index in [1.807, 2.05) is 37.7 Å². The Kier molecular flexibility index (Phi) is 12.0. The van der Waals surface area contributed by atoms with E-state index in [1.54, 1.807) is 18.2 Å². The third-order valence-electron chi connectivity index (χ3n) is 7.56. The lowest BCUT2D eigenvalue weighted by Crippen LogP contribution is -2.45. The number of rotatable bonds is 8. The first-order chi connectivity index (χ1) is 19.4. The minimum Gasteiger partial charge on any atom is -0.480 e. The van der Waals surface area contributed by atoms with Crippen LogP contribution in [0.4, 0.5) is 0 Å². The highest BCUT2D eigenvalue weighted by Crippen LogP contribution is 2.39. The van der Waals surface area contributed by atoms with Crippen LogP contribution in [0, 0.1) is 0 Å². The van der Waals surface area contributed by atoms with Crippen molar-refractivity contribution in [2.45, 2.75) is 57.7 Å². The Hall–Kier alpha value is -3.72. The van der Waals surface area contributed by atoms with E-state index in [2.05, 4.69) is 5.10 Å². The average Bonchev–Trinajstić information content (AvgIpc) is 3.45. The minimum atomic E-state index is -2.09. The zero-order valence-electron chi connectivity index (χ0n) is 25.5. The van der Waals surface area contributed by atoms with Gasteiger partial charge in [-0.05, 0) is 79.8 Å². The normalized spacial score (nSPS) is 14.4. The lowest BCUT2D eigenvalue weighted by atomic mass is 9.78. The maximum absolute atomic E-state index is 13.8. The summed E-state index contributed by atoms with van der Waals surface area (Å²) < 4.78 is 3.73. The Morgan fingerprint density at radius 1 is 0.889 bits per heavy atom. The Balaban J connectivity index is 0.00000337. The smallest absolute Gasteiger partial charge is 0.358 e. The molecule has 0 aliphatic heterocycles. The molecule has 246 valence electrons. The van der Waals surface area contributed by atoms with E-state index in [-0.39, 0.29) is 65.7 Å². The summed E-state index contributed by atoms with van der Waals surface area (Å²) in [5.74, 6) is -3.92. The molecule has 0 aliphatic rings. The quantitative estimate of drug-likeness (QED) is 0.183. The number of carbonyl (C=O) groups is 3. The van der Waals surface area contributed by atoms with Crippen molar-refractivity contribution in [3.05, 3.63) is 69.8 Å². The molecule has 0 saturated carbocycles. The Labute approximate surface area is 277 Å². The second-order valence-electron chi connectivity index (χ2n) is 11.3. The Bertz CT molecular complexity index is 1820. The molecule has 0 fully saturated rings. The number of nitrogens with zero attached hydrogens (tertiary/aromatic N) is 4. The third-order valence-corrected chi connectivity index (χ3v) is 7.56. The number of benzene rings is 2. The number of aliphatic carboxylic acids is 2. The predicted molar refractivity (Wildman–Crippen MR) is 178 cm³/mol. The van der Waals surface area contributed by atoms with E-state index < -0.39 is 40.7 Å². The molecule has 3 unspecified atom stereocenters. The summed E-state index contributed by atoms with van der Waals surface area (Å²) in [5, 5.41) is 25.2. The van der Waals surface area contributed by atoms with Crippen LogP contribution in [0.25, 0.3) is 28.0 Å². The van der Waals surface area contributed by atoms with Gasteiger partial charge in [0, 0.05) is 29.7 Å². The molecule has 3 atom stereocenters. The van der Waals surface area contributed by atoms with Gasteiger partial charge in [0.2, 0.25) is 0 Å². The van der Waals surface area contributed by atoms with Gasteiger partial charge in [-0.25, -0.2) is 19.0 Å². The number of carboxylic acid groups (broad SMARTS) is 2. The monoisotopic (exact) mass is 685 g/mol. The summed E-state index contributed by atoms with van der Waals surface area (Å²) in [7, 11) is 1.87. The fourth-order valence-corrected chi connectivity index (χ4v) is 4.91. The molecular weight excluding hydrogens is 649 g/mol. The van der Waals surface area contributed by atoms with Gasteiger partial charge in [-0.2, -0.15) is 0 Å². The molecule has 4 rings (SSSR count). The molecule has 8 N–H and O–H groups in total. The average molecular weight is 687 g/mol. The summed E-state index contributed by atoms with van der Waals surface area (Å²) in [6, 6.07) is 8.87. The second kappa shape index (κ2) is 13.7. The van der Waals surface area contributed by atoms with Gasteiger partial charge < -0.3 is 32.0 Å². The molecule has 45 heavy (non-hydrogen) atoms. The molecule has 0 amide bonds. The van der Waals surface area contributed by atoms with Gasteiger partial charge in [0.1, 0.15) is 11.1 Å². The van der Waals surface area contributed by atoms with Crippen LogP contribution in [-0.4, -0.2) is 53.0 Å². The number of aromatic nitrogens is 4. The molecule has 0 radical (unpaired) electrons. The summed E-state index contributed by atoms with van der Waals surface area (Å²) in [6.45, 7) is 7.58. The molecule has 2 heterocycles. The maximum Gasteiger partial charge on any atom is 0.358 e. The van der Waals surface area contributed by atoms with Crippen LogP contribution < -0.4 is 22.9 Å². The molecule has 0 spiro atoms. The van der Waals surface area contributed by atoms with E-state index >= 15 is 0 Å². The van der Waals surface area contributed by atoms with E-state index in [4.69, 9.17) is 17.2 Å². The van der Waals surface area contributed by atoms with Gasteiger partial charge in [-0.15, -0.1) is 47.0 Å². The van der Waals surface area contributed by atoms with Crippen LogP contribution in [0.1, 0.15) is 62.0 Å². The van der Waals surface area contributed by atoms with Crippen molar-refractivity contribution >= 4 is 66.0 Å². The first kappa shape index (κ1) is 39.3. The SMILES string of the molecule is CC(N)C(=O)n1nc(-c2cc(C(C)C)c(C(C)(N)C(=O)O)cc2C(C)(N)C(=O)O)n(-c2ccc3c(ccn3C)c2)c1=O.Cl.Cl.Cl. The largest absolute Gasteiger partial charge is 0.480 e.